The molecule has 3 atom stereocenters. The maximum Gasteiger partial charge on any atom is 0.247 e. The number of carbonyl (C=O) groups is 2. The third kappa shape index (κ3) is 10.9. The SMILES string of the molecule is CC(C)C[C@@H](C(=O)NN(Cc1cccc(O)c1)S(C)(=O)=O)[C@H](C/C=C/c1ccccc1)C(=O)NOC1CCCCO1. The standard InChI is InChI=1S/C30H41N3O7S/c1-22(2)19-27(29(35)31-33(41(3,37)38)21-24-14-9-15-25(34)20-24)26(16-10-13-23-11-5-4-6-12-23)30(36)32-40-28-17-7-8-18-39-28/h4-6,9-15,20,22,26-28,34H,7-8,16-19,21H2,1-3H3,(H,31,35)(H,32,36)/b13-10+/t26-,27+,28?/m0/s1. The van der Waals surface area contributed by atoms with E-state index >= 15 is 0 Å². The molecule has 1 fully saturated rings. The van der Waals surface area contributed by atoms with Gasteiger partial charge in [0.1, 0.15) is 5.75 Å². The summed E-state index contributed by atoms with van der Waals surface area (Å²) in [5, 5.41) is 9.81. The lowest BCUT2D eigenvalue weighted by Gasteiger charge is -2.30. The number of hydrogen-bond donors (Lipinski definition) is 3. The van der Waals surface area contributed by atoms with E-state index in [-0.39, 0.29) is 24.6 Å². The second-order valence-corrected chi connectivity index (χ2v) is 12.6. The Kier molecular flexibility index (Phi) is 12.3. The van der Waals surface area contributed by atoms with Gasteiger partial charge in [-0.1, -0.05) is 68.5 Å². The van der Waals surface area contributed by atoms with Crippen LogP contribution in [0.4, 0.5) is 0 Å². The average Bonchev–Trinajstić information content (AvgIpc) is 2.93. The molecule has 1 aliphatic rings. The number of nitrogens with zero attached hydrogens (tertiary/aromatic N) is 1. The number of aromatic hydroxyl groups is 1. The molecule has 0 radical (unpaired) electrons. The van der Waals surface area contributed by atoms with Crippen molar-refractivity contribution in [2.24, 2.45) is 17.8 Å². The molecule has 10 nitrogen and oxygen atoms in total. The molecule has 0 saturated carbocycles. The predicted molar refractivity (Wildman–Crippen MR) is 156 cm³/mol. The zero-order chi connectivity index (χ0) is 29.8. The summed E-state index contributed by atoms with van der Waals surface area (Å²) < 4.78 is 31.7. The fourth-order valence-corrected chi connectivity index (χ4v) is 5.24. The molecule has 3 rings (SSSR count). The summed E-state index contributed by atoms with van der Waals surface area (Å²) in [4.78, 5) is 32.8. The third-order valence-electron chi connectivity index (χ3n) is 6.69. The Hall–Kier alpha value is -3.25. The minimum absolute atomic E-state index is 0.0242. The molecule has 0 bridgehead atoms. The summed E-state index contributed by atoms with van der Waals surface area (Å²) in [7, 11) is -3.89. The summed E-state index contributed by atoms with van der Waals surface area (Å²) in [5.41, 5.74) is 6.46. The van der Waals surface area contributed by atoms with Crippen molar-refractivity contribution in [2.45, 2.75) is 58.8 Å². The van der Waals surface area contributed by atoms with Crippen LogP contribution in [0.3, 0.4) is 0 Å². The highest BCUT2D eigenvalue weighted by Gasteiger charge is 2.36. The maximum absolute atomic E-state index is 13.7. The van der Waals surface area contributed by atoms with Crippen LogP contribution in [-0.4, -0.2) is 48.9 Å². The van der Waals surface area contributed by atoms with Crippen LogP contribution in [0, 0.1) is 17.8 Å². The van der Waals surface area contributed by atoms with Crippen molar-refractivity contribution in [1.29, 1.82) is 0 Å². The van der Waals surface area contributed by atoms with E-state index in [4.69, 9.17) is 9.57 Å². The highest BCUT2D eigenvalue weighted by atomic mass is 32.2. The fraction of sp³-hybridized carbons (Fsp3) is 0.467. The van der Waals surface area contributed by atoms with E-state index in [9.17, 15) is 23.1 Å². The van der Waals surface area contributed by atoms with Crippen LogP contribution in [0.25, 0.3) is 6.08 Å². The Labute approximate surface area is 242 Å². The van der Waals surface area contributed by atoms with Gasteiger partial charge in [-0.25, -0.2) is 18.7 Å². The first-order valence-corrected chi connectivity index (χ1v) is 15.7. The Morgan fingerprint density at radius 1 is 1.10 bits per heavy atom. The zero-order valence-electron chi connectivity index (χ0n) is 23.9. The number of benzene rings is 2. The molecule has 1 aliphatic heterocycles. The Bertz CT molecular complexity index is 1260. The molecule has 3 N–H and O–H groups in total. The van der Waals surface area contributed by atoms with Crippen molar-refractivity contribution in [2.75, 3.05) is 12.9 Å². The van der Waals surface area contributed by atoms with Gasteiger partial charge in [-0.05, 0) is 54.9 Å². The molecule has 0 spiro atoms. The van der Waals surface area contributed by atoms with E-state index in [1.807, 2.05) is 56.3 Å². The molecule has 1 heterocycles. The van der Waals surface area contributed by atoms with Gasteiger partial charge in [0.15, 0.2) is 6.29 Å². The number of phenols is 1. The van der Waals surface area contributed by atoms with Crippen LogP contribution < -0.4 is 10.9 Å². The molecule has 2 aromatic rings. The monoisotopic (exact) mass is 587 g/mol. The van der Waals surface area contributed by atoms with Crippen LogP contribution in [0.1, 0.15) is 57.1 Å². The maximum atomic E-state index is 13.7. The number of hydroxylamine groups is 1. The number of sulfonamides is 1. The fourth-order valence-electron chi connectivity index (χ4n) is 4.60. The highest BCUT2D eigenvalue weighted by molar-refractivity contribution is 7.88. The molecule has 11 heteroatoms. The highest BCUT2D eigenvalue weighted by Crippen LogP contribution is 2.26. The van der Waals surface area contributed by atoms with Crippen molar-refractivity contribution in [3.63, 3.8) is 0 Å². The van der Waals surface area contributed by atoms with E-state index in [1.165, 1.54) is 12.1 Å². The number of ether oxygens (including phenoxy) is 1. The molecular weight excluding hydrogens is 546 g/mol. The van der Waals surface area contributed by atoms with E-state index in [0.717, 1.165) is 29.1 Å². The summed E-state index contributed by atoms with van der Waals surface area (Å²) in [6.45, 7) is 4.22. The molecule has 0 aliphatic carbocycles. The van der Waals surface area contributed by atoms with E-state index in [1.54, 1.807) is 12.1 Å². The van der Waals surface area contributed by atoms with Crippen molar-refractivity contribution in [3.05, 3.63) is 71.8 Å². The van der Waals surface area contributed by atoms with Gasteiger partial charge in [0.2, 0.25) is 21.8 Å². The van der Waals surface area contributed by atoms with Gasteiger partial charge in [-0.3, -0.25) is 15.0 Å². The van der Waals surface area contributed by atoms with Crippen LogP contribution in [0.5, 0.6) is 5.75 Å². The van der Waals surface area contributed by atoms with Crippen molar-refractivity contribution >= 4 is 27.9 Å². The number of phenolic OH excluding ortho intramolecular Hbond substituents is 1. The number of hydrazine groups is 1. The van der Waals surface area contributed by atoms with Crippen LogP contribution >= 0.6 is 0 Å². The topological polar surface area (TPSA) is 134 Å². The normalized spacial score (nSPS) is 17.4. The smallest absolute Gasteiger partial charge is 0.247 e. The number of hydrogen-bond acceptors (Lipinski definition) is 7. The molecule has 41 heavy (non-hydrogen) atoms. The lowest BCUT2D eigenvalue weighted by atomic mass is 9.82. The molecule has 2 amide bonds. The Morgan fingerprint density at radius 3 is 2.49 bits per heavy atom. The number of amides is 2. The second-order valence-electron chi connectivity index (χ2n) is 10.7. The van der Waals surface area contributed by atoms with Crippen molar-refractivity contribution in [1.82, 2.24) is 15.3 Å². The van der Waals surface area contributed by atoms with Gasteiger partial charge in [0, 0.05) is 13.0 Å². The van der Waals surface area contributed by atoms with Crippen LogP contribution in [-0.2, 0) is 35.7 Å². The van der Waals surface area contributed by atoms with Gasteiger partial charge in [0.05, 0.1) is 24.6 Å². The zero-order valence-corrected chi connectivity index (χ0v) is 24.7. The summed E-state index contributed by atoms with van der Waals surface area (Å²) in [6.07, 6.45) is 7.16. The lowest BCUT2D eigenvalue weighted by Crippen LogP contribution is -2.50. The quantitative estimate of drug-likeness (QED) is 0.283. The summed E-state index contributed by atoms with van der Waals surface area (Å²) in [6, 6.07) is 15.7. The minimum atomic E-state index is -3.89. The van der Waals surface area contributed by atoms with Gasteiger partial charge >= 0.3 is 0 Å². The largest absolute Gasteiger partial charge is 0.508 e. The number of allylic oxidation sites excluding steroid dienone is 1. The molecule has 1 unspecified atom stereocenters. The molecule has 0 aromatic heterocycles. The van der Waals surface area contributed by atoms with Crippen LogP contribution in [0.2, 0.25) is 0 Å². The molecular formula is C30H41N3O7S. The minimum Gasteiger partial charge on any atom is -0.508 e. The predicted octanol–water partition coefficient (Wildman–Crippen LogP) is 4.14. The van der Waals surface area contributed by atoms with Crippen molar-refractivity contribution < 1.29 is 32.7 Å². The Morgan fingerprint density at radius 2 is 1.85 bits per heavy atom. The Balaban J connectivity index is 1.84. The second kappa shape index (κ2) is 15.7. The first-order valence-electron chi connectivity index (χ1n) is 13.9. The van der Waals surface area contributed by atoms with E-state index in [0.29, 0.717) is 25.0 Å². The first kappa shape index (κ1) is 32.3. The number of carbonyl (C=O) groups excluding carboxylic acids is 2. The first-order chi connectivity index (χ1) is 19.5. The third-order valence-corrected chi connectivity index (χ3v) is 7.71. The van der Waals surface area contributed by atoms with E-state index < -0.39 is 40.0 Å². The van der Waals surface area contributed by atoms with Crippen molar-refractivity contribution in [3.8, 4) is 5.75 Å². The van der Waals surface area contributed by atoms with Gasteiger partial charge in [0.25, 0.3) is 0 Å². The average molecular weight is 588 g/mol. The summed E-state index contributed by atoms with van der Waals surface area (Å²) >= 11 is 0. The number of nitrogens with one attached hydrogen (secondary N) is 2. The van der Waals surface area contributed by atoms with Gasteiger partial charge in [-0.2, -0.15) is 0 Å². The molecule has 224 valence electrons. The molecule has 2 aromatic carbocycles. The number of rotatable bonds is 14. The van der Waals surface area contributed by atoms with Gasteiger partial charge < -0.3 is 9.84 Å². The molecule has 1 saturated heterocycles. The summed E-state index contributed by atoms with van der Waals surface area (Å²) in [5.74, 6) is -2.82. The van der Waals surface area contributed by atoms with E-state index in [2.05, 4.69) is 10.9 Å². The lowest BCUT2D eigenvalue weighted by molar-refractivity contribution is -0.203. The van der Waals surface area contributed by atoms with Crippen LogP contribution in [0.15, 0.2) is 60.7 Å². The van der Waals surface area contributed by atoms with Gasteiger partial charge in [-0.15, -0.1) is 4.41 Å².